The van der Waals surface area contributed by atoms with Crippen LogP contribution in [0.3, 0.4) is 0 Å². The zero-order valence-corrected chi connectivity index (χ0v) is 13.6. The van der Waals surface area contributed by atoms with Crippen LogP contribution in [0.1, 0.15) is 33.6 Å². The van der Waals surface area contributed by atoms with Crippen LogP contribution in [0.4, 0.5) is 4.79 Å². The van der Waals surface area contributed by atoms with E-state index in [2.05, 4.69) is 37.9 Å². The zero-order valence-electron chi connectivity index (χ0n) is 13.6. The van der Waals surface area contributed by atoms with Crippen molar-refractivity contribution in [1.29, 1.82) is 0 Å². The average Bonchev–Trinajstić information content (AvgIpc) is 2.94. The maximum absolute atomic E-state index is 11.7. The molecule has 2 rings (SSSR count). The van der Waals surface area contributed by atoms with Crippen molar-refractivity contribution in [2.24, 2.45) is 16.7 Å². The first kappa shape index (κ1) is 16.6. The topological polar surface area (TPSA) is 64.6 Å². The molecular formula is C17H25NO4. The summed E-state index contributed by atoms with van der Waals surface area (Å²) in [5.41, 5.74) is 0.457. The molecular weight excluding hydrogens is 282 g/mol. The molecule has 0 aromatic carbocycles. The zero-order chi connectivity index (χ0) is 16.4. The van der Waals surface area contributed by atoms with Crippen LogP contribution >= 0.6 is 0 Å². The van der Waals surface area contributed by atoms with Crippen LogP contribution in [0.5, 0.6) is 0 Å². The van der Waals surface area contributed by atoms with Crippen molar-refractivity contribution >= 4 is 12.1 Å². The Morgan fingerprint density at radius 1 is 1.32 bits per heavy atom. The van der Waals surface area contributed by atoms with Gasteiger partial charge < -0.3 is 14.8 Å². The molecule has 5 nitrogen and oxygen atoms in total. The molecule has 1 N–H and O–H groups in total. The number of hydrogen-bond acceptors (Lipinski definition) is 4. The van der Waals surface area contributed by atoms with Crippen LogP contribution in [0, 0.1) is 16.7 Å². The number of rotatable bonds is 6. The molecule has 0 spiro atoms. The largest absolute Gasteiger partial charge is 0.460 e. The quantitative estimate of drug-likeness (QED) is 0.355. The summed E-state index contributed by atoms with van der Waals surface area (Å²) in [7, 11) is 0. The lowest BCUT2D eigenvalue weighted by atomic mass is 9.68. The number of hydrogen-bond donors (Lipinski definition) is 1. The standard InChI is InChI=1S/C17H25NO4/c1-12(2)14(19)21-8-7-18-15(20)22-11-17(4)10-13-5-6-16(17,3)9-13/h5-6,13H,1,7-11H2,2-4H3,(H,18,20). The summed E-state index contributed by atoms with van der Waals surface area (Å²) >= 11 is 0. The second-order valence-electron chi connectivity index (χ2n) is 6.92. The number of alkyl carbamates (subject to hydrolysis) is 1. The molecule has 1 amide bonds. The van der Waals surface area contributed by atoms with E-state index >= 15 is 0 Å². The summed E-state index contributed by atoms with van der Waals surface area (Å²) in [6, 6.07) is 0. The number of allylic oxidation sites excluding steroid dienone is 2. The van der Waals surface area contributed by atoms with E-state index in [4.69, 9.17) is 9.47 Å². The van der Waals surface area contributed by atoms with Gasteiger partial charge in [0.2, 0.25) is 0 Å². The van der Waals surface area contributed by atoms with Crippen LogP contribution < -0.4 is 5.32 Å². The molecule has 0 radical (unpaired) electrons. The van der Waals surface area contributed by atoms with Gasteiger partial charge in [0, 0.05) is 11.0 Å². The Kier molecular flexibility index (Phi) is 4.63. The average molecular weight is 307 g/mol. The Balaban J connectivity index is 1.67. The third-order valence-electron chi connectivity index (χ3n) is 4.99. The van der Waals surface area contributed by atoms with Crippen molar-refractivity contribution in [3.05, 3.63) is 24.3 Å². The van der Waals surface area contributed by atoms with Gasteiger partial charge in [0.15, 0.2) is 0 Å². The second-order valence-corrected chi connectivity index (χ2v) is 6.92. The Morgan fingerprint density at radius 3 is 2.59 bits per heavy atom. The summed E-state index contributed by atoms with van der Waals surface area (Å²) in [6.45, 7) is 10.2. The minimum Gasteiger partial charge on any atom is -0.460 e. The lowest BCUT2D eigenvalue weighted by molar-refractivity contribution is -0.138. The molecule has 0 saturated heterocycles. The number of esters is 1. The number of nitrogens with one attached hydrogen (secondary N) is 1. The lowest BCUT2D eigenvalue weighted by Crippen LogP contribution is -2.38. The fourth-order valence-electron chi connectivity index (χ4n) is 3.35. The molecule has 122 valence electrons. The summed E-state index contributed by atoms with van der Waals surface area (Å²) in [5, 5.41) is 2.59. The van der Waals surface area contributed by atoms with Gasteiger partial charge in [0.25, 0.3) is 0 Å². The van der Waals surface area contributed by atoms with Gasteiger partial charge in [-0.1, -0.05) is 32.6 Å². The molecule has 0 aromatic heterocycles. The predicted molar refractivity (Wildman–Crippen MR) is 83.2 cm³/mol. The Labute approximate surface area is 131 Å². The Morgan fingerprint density at radius 2 is 2.05 bits per heavy atom. The number of amides is 1. The van der Waals surface area contributed by atoms with Crippen molar-refractivity contribution in [3.63, 3.8) is 0 Å². The summed E-state index contributed by atoms with van der Waals surface area (Å²) < 4.78 is 10.2. The van der Waals surface area contributed by atoms with Gasteiger partial charge >= 0.3 is 12.1 Å². The van der Waals surface area contributed by atoms with Crippen molar-refractivity contribution < 1.29 is 19.1 Å². The van der Waals surface area contributed by atoms with Crippen LogP contribution in [-0.2, 0) is 14.3 Å². The first-order chi connectivity index (χ1) is 10.3. The highest BCUT2D eigenvalue weighted by Gasteiger charge is 2.54. The number of carbonyl (C=O) groups is 2. The van der Waals surface area contributed by atoms with E-state index in [-0.39, 0.29) is 24.0 Å². The minimum absolute atomic E-state index is 0.00379. The molecule has 2 bridgehead atoms. The van der Waals surface area contributed by atoms with Gasteiger partial charge in [-0.2, -0.15) is 0 Å². The van der Waals surface area contributed by atoms with Gasteiger partial charge in [-0.3, -0.25) is 0 Å². The summed E-state index contributed by atoms with van der Waals surface area (Å²) in [4.78, 5) is 22.9. The van der Waals surface area contributed by atoms with Gasteiger partial charge in [-0.15, -0.1) is 0 Å². The molecule has 22 heavy (non-hydrogen) atoms. The third-order valence-corrected chi connectivity index (χ3v) is 4.99. The van der Waals surface area contributed by atoms with Gasteiger partial charge in [-0.05, 0) is 31.1 Å². The molecule has 0 aromatic rings. The molecule has 2 aliphatic carbocycles. The SMILES string of the molecule is C=C(C)C(=O)OCCNC(=O)OCC1(C)CC2C=CC1(C)C2. The first-order valence-corrected chi connectivity index (χ1v) is 7.68. The monoisotopic (exact) mass is 307 g/mol. The van der Waals surface area contributed by atoms with E-state index in [9.17, 15) is 9.59 Å². The maximum Gasteiger partial charge on any atom is 0.407 e. The predicted octanol–water partition coefficient (Wildman–Crippen LogP) is 2.82. The van der Waals surface area contributed by atoms with Gasteiger partial charge in [-0.25, -0.2) is 9.59 Å². The molecule has 1 fully saturated rings. The fourth-order valence-corrected chi connectivity index (χ4v) is 3.35. The maximum atomic E-state index is 11.7. The van der Waals surface area contributed by atoms with Crippen molar-refractivity contribution in [1.82, 2.24) is 5.32 Å². The normalized spacial score (nSPS) is 31.9. The van der Waals surface area contributed by atoms with E-state index in [1.807, 2.05) is 0 Å². The highest BCUT2D eigenvalue weighted by atomic mass is 16.6. The summed E-state index contributed by atoms with van der Waals surface area (Å²) in [6.07, 6.45) is 6.27. The second kappa shape index (κ2) is 6.15. The van der Waals surface area contributed by atoms with E-state index in [0.717, 1.165) is 12.8 Å². The molecule has 0 heterocycles. The van der Waals surface area contributed by atoms with Gasteiger partial charge in [0.1, 0.15) is 6.61 Å². The number of fused-ring (bicyclic) bond motifs is 2. The van der Waals surface area contributed by atoms with Crippen molar-refractivity contribution in [2.75, 3.05) is 19.8 Å². The molecule has 5 heteroatoms. The fraction of sp³-hybridized carbons (Fsp3) is 0.647. The smallest absolute Gasteiger partial charge is 0.407 e. The van der Waals surface area contributed by atoms with Gasteiger partial charge in [0.05, 0.1) is 13.2 Å². The first-order valence-electron chi connectivity index (χ1n) is 7.68. The van der Waals surface area contributed by atoms with Crippen LogP contribution in [0.25, 0.3) is 0 Å². The number of ether oxygens (including phenoxy) is 2. The lowest BCUT2D eigenvalue weighted by Gasteiger charge is -2.39. The molecule has 0 aliphatic heterocycles. The molecule has 2 aliphatic rings. The van der Waals surface area contributed by atoms with E-state index < -0.39 is 12.1 Å². The Bertz CT molecular complexity index is 513. The summed E-state index contributed by atoms with van der Waals surface area (Å²) in [5.74, 6) is 0.160. The van der Waals surface area contributed by atoms with Crippen LogP contribution in [0.15, 0.2) is 24.3 Å². The minimum atomic E-state index is -0.469. The highest BCUT2D eigenvalue weighted by molar-refractivity contribution is 5.86. The molecule has 1 saturated carbocycles. The van der Waals surface area contributed by atoms with Crippen LogP contribution in [-0.4, -0.2) is 31.8 Å². The van der Waals surface area contributed by atoms with E-state index in [1.54, 1.807) is 6.92 Å². The molecule has 3 atom stereocenters. The molecule has 3 unspecified atom stereocenters. The highest BCUT2D eigenvalue weighted by Crippen LogP contribution is 2.60. The Hall–Kier alpha value is -1.78. The van der Waals surface area contributed by atoms with E-state index in [0.29, 0.717) is 18.1 Å². The van der Waals surface area contributed by atoms with Crippen molar-refractivity contribution in [2.45, 2.75) is 33.6 Å². The third kappa shape index (κ3) is 3.34. The number of carbonyl (C=O) groups excluding carboxylic acids is 2. The van der Waals surface area contributed by atoms with E-state index in [1.165, 1.54) is 0 Å². The van der Waals surface area contributed by atoms with Crippen molar-refractivity contribution in [3.8, 4) is 0 Å². The van der Waals surface area contributed by atoms with Crippen LogP contribution in [0.2, 0.25) is 0 Å².